The van der Waals surface area contributed by atoms with Crippen LogP contribution in [0.5, 0.6) is 0 Å². The summed E-state index contributed by atoms with van der Waals surface area (Å²) in [5.41, 5.74) is -1.01. The van der Waals surface area contributed by atoms with Gasteiger partial charge in [-0.25, -0.2) is 0 Å². The normalized spacial score (nSPS) is 11.7. The van der Waals surface area contributed by atoms with E-state index < -0.39 is 11.9 Å². The van der Waals surface area contributed by atoms with Gasteiger partial charge in [-0.3, -0.25) is 9.48 Å². The van der Waals surface area contributed by atoms with E-state index in [1.165, 1.54) is 16.2 Å². The van der Waals surface area contributed by atoms with E-state index in [0.717, 1.165) is 21.8 Å². The Bertz CT molecular complexity index is 638. The molecule has 21 heavy (non-hydrogen) atoms. The molecular formula is C12H11ClF3N3OS. The van der Waals surface area contributed by atoms with Crippen LogP contribution in [0.4, 0.5) is 13.2 Å². The highest BCUT2D eigenvalue weighted by atomic mass is 35.5. The molecule has 0 fully saturated rings. The van der Waals surface area contributed by atoms with Gasteiger partial charge in [0.1, 0.15) is 6.54 Å². The molecule has 9 heteroatoms. The molecule has 0 bridgehead atoms. The second-order valence-electron chi connectivity index (χ2n) is 4.35. The van der Waals surface area contributed by atoms with Crippen LogP contribution in [-0.4, -0.2) is 27.6 Å². The fraction of sp³-hybridized carbons (Fsp3) is 0.333. The summed E-state index contributed by atoms with van der Waals surface area (Å²) in [5.74, 6) is -0.337. The van der Waals surface area contributed by atoms with Crippen LogP contribution in [0.1, 0.15) is 10.6 Å². The van der Waals surface area contributed by atoms with Crippen LogP contribution in [0.15, 0.2) is 24.4 Å². The van der Waals surface area contributed by atoms with Gasteiger partial charge in [0, 0.05) is 18.1 Å². The van der Waals surface area contributed by atoms with Crippen molar-refractivity contribution >= 4 is 28.8 Å². The molecule has 0 N–H and O–H groups in total. The second kappa shape index (κ2) is 6.07. The number of rotatable bonds is 4. The van der Waals surface area contributed by atoms with Crippen molar-refractivity contribution < 1.29 is 18.0 Å². The summed E-state index contributed by atoms with van der Waals surface area (Å²) in [4.78, 5) is 14.2. The first kappa shape index (κ1) is 15.8. The van der Waals surface area contributed by atoms with E-state index in [0.29, 0.717) is 10.9 Å². The number of thiophene rings is 1. The van der Waals surface area contributed by atoms with E-state index in [-0.39, 0.29) is 12.5 Å². The summed E-state index contributed by atoms with van der Waals surface area (Å²) in [5, 5.41) is 3.34. The topological polar surface area (TPSA) is 38.1 Å². The summed E-state index contributed by atoms with van der Waals surface area (Å²) < 4.78 is 38.8. The minimum absolute atomic E-state index is 0.244. The molecule has 2 heterocycles. The van der Waals surface area contributed by atoms with Crippen LogP contribution in [0.25, 0.3) is 0 Å². The van der Waals surface area contributed by atoms with Gasteiger partial charge in [-0.2, -0.15) is 18.3 Å². The van der Waals surface area contributed by atoms with Gasteiger partial charge in [-0.1, -0.05) is 11.6 Å². The van der Waals surface area contributed by atoms with Gasteiger partial charge in [0.15, 0.2) is 5.69 Å². The summed E-state index contributed by atoms with van der Waals surface area (Å²) in [6.07, 6.45) is -3.37. The standard InChI is InChI=1S/C12H11ClF3N3OS/c1-18(6-8-2-3-10(13)21-8)11(20)7-19-5-4-9(17-19)12(14,15)16/h2-5H,6-7H2,1H3. The average molecular weight is 338 g/mol. The van der Waals surface area contributed by atoms with Gasteiger partial charge in [0.2, 0.25) is 5.91 Å². The van der Waals surface area contributed by atoms with Crippen molar-refractivity contribution in [3.05, 3.63) is 39.3 Å². The van der Waals surface area contributed by atoms with Gasteiger partial charge in [0.05, 0.1) is 10.9 Å². The molecule has 0 atom stereocenters. The number of carbonyl (C=O) groups is 1. The zero-order valence-electron chi connectivity index (χ0n) is 10.9. The first-order chi connectivity index (χ1) is 9.75. The zero-order chi connectivity index (χ0) is 15.6. The van der Waals surface area contributed by atoms with Gasteiger partial charge >= 0.3 is 6.18 Å². The lowest BCUT2D eigenvalue weighted by molar-refractivity contribution is -0.142. The number of alkyl halides is 3. The predicted octanol–water partition coefficient (Wildman–Crippen LogP) is 3.28. The van der Waals surface area contributed by atoms with E-state index in [1.54, 1.807) is 19.2 Å². The van der Waals surface area contributed by atoms with Crippen LogP contribution in [0, 0.1) is 0 Å². The molecule has 0 spiro atoms. The molecule has 2 aromatic rings. The van der Waals surface area contributed by atoms with Crippen molar-refractivity contribution in [1.82, 2.24) is 14.7 Å². The quantitative estimate of drug-likeness (QED) is 0.858. The first-order valence-electron chi connectivity index (χ1n) is 5.84. The van der Waals surface area contributed by atoms with Gasteiger partial charge in [0.25, 0.3) is 0 Å². The highest BCUT2D eigenvalue weighted by molar-refractivity contribution is 7.16. The van der Waals surface area contributed by atoms with Crippen molar-refractivity contribution in [2.24, 2.45) is 0 Å². The number of hydrogen-bond donors (Lipinski definition) is 0. The molecule has 0 saturated heterocycles. The molecule has 0 aliphatic rings. The number of hydrogen-bond acceptors (Lipinski definition) is 3. The summed E-state index contributed by atoms with van der Waals surface area (Å²) in [6, 6.07) is 4.36. The minimum atomic E-state index is -4.51. The van der Waals surface area contributed by atoms with E-state index in [9.17, 15) is 18.0 Å². The van der Waals surface area contributed by atoms with E-state index in [2.05, 4.69) is 5.10 Å². The van der Waals surface area contributed by atoms with E-state index in [4.69, 9.17) is 11.6 Å². The Morgan fingerprint density at radius 2 is 2.14 bits per heavy atom. The summed E-state index contributed by atoms with van der Waals surface area (Å²) in [6.45, 7) is 0.106. The maximum atomic E-state index is 12.4. The van der Waals surface area contributed by atoms with Crippen molar-refractivity contribution in [2.45, 2.75) is 19.3 Å². The van der Waals surface area contributed by atoms with Gasteiger partial charge in [-0.15, -0.1) is 11.3 Å². The molecule has 0 radical (unpaired) electrons. The molecule has 0 aliphatic heterocycles. The fourth-order valence-corrected chi connectivity index (χ4v) is 2.76. The lowest BCUT2D eigenvalue weighted by atomic mass is 10.4. The molecule has 4 nitrogen and oxygen atoms in total. The number of carbonyl (C=O) groups excluding carboxylic acids is 1. The molecule has 0 saturated carbocycles. The van der Waals surface area contributed by atoms with Gasteiger partial charge in [-0.05, 0) is 18.2 Å². The molecular weight excluding hydrogens is 327 g/mol. The van der Waals surface area contributed by atoms with E-state index in [1.807, 2.05) is 0 Å². The molecule has 0 aliphatic carbocycles. The number of nitrogens with zero attached hydrogens (tertiary/aromatic N) is 3. The highest BCUT2D eigenvalue weighted by Gasteiger charge is 2.33. The Hall–Kier alpha value is -1.54. The molecule has 0 aromatic carbocycles. The maximum absolute atomic E-state index is 12.4. The maximum Gasteiger partial charge on any atom is 0.435 e. The number of likely N-dealkylation sites (N-methyl/N-ethyl adjacent to an activating group) is 1. The van der Waals surface area contributed by atoms with Crippen LogP contribution in [0.3, 0.4) is 0 Å². The third-order valence-corrected chi connectivity index (χ3v) is 3.89. The number of amides is 1. The lowest BCUT2D eigenvalue weighted by Crippen LogP contribution is -2.29. The largest absolute Gasteiger partial charge is 0.435 e. The van der Waals surface area contributed by atoms with E-state index >= 15 is 0 Å². The van der Waals surface area contributed by atoms with Crippen LogP contribution < -0.4 is 0 Å². The zero-order valence-corrected chi connectivity index (χ0v) is 12.5. The van der Waals surface area contributed by atoms with Crippen LogP contribution >= 0.6 is 22.9 Å². The Morgan fingerprint density at radius 3 is 2.67 bits per heavy atom. The molecule has 2 rings (SSSR count). The number of halogens is 4. The van der Waals surface area contributed by atoms with Crippen LogP contribution in [0.2, 0.25) is 4.34 Å². The third-order valence-electron chi connectivity index (χ3n) is 2.68. The first-order valence-corrected chi connectivity index (χ1v) is 7.04. The molecule has 1 amide bonds. The SMILES string of the molecule is CN(Cc1ccc(Cl)s1)C(=O)Cn1ccc(C(F)(F)F)n1. The summed E-state index contributed by atoms with van der Waals surface area (Å²) >= 11 is 7.14. The fourth-order valence-electron chi connectivity index (χ4n) is 1.62. The highest BCUT2D eigenvalue weighted by Crippen LogP contribution is 2.27. The monoisotopic (exact) mass is 337 g/mol. The number of aromatic nitrogens is 2. The van der Waals surface area contributed by atoms with Gasteiger partial charge < -0.3 is 4.90 Å². The van der Waals surface area contributed by atoms with Crippen LogP contribution in [-0.2, 0) is 24.1 Å². The molecule has 2 aromatic heterocycles. The summed E-state index contributed by atoms with van der Waals surface area (Å²) in [7, 11) is 1.57. The lowest BCUT2D eigenvalue weighted by Gasteiger charge is -2.16. The molecule has 114 valence electrons. The van der Waals surface area contributed by atoms with Crippen molar-refractivity contribution in [2.75, 3.05) is 7.05 Å². The molecule has 0 unspecified atom stereocenters. The predicted molar refractivity (Wildman–Crippen MR) is 73.0 cm³/mol. The Kier molecular flexibility index (Phi) is 4.58. The van der Waals surface area contributed by atoms with Crippen molar-refractivity contribution in [1.29, 1.82) is 0 Å². The second-order valence-corrected chi connectivity index (χ2v) is 6.15. The average Bonchev–Trinajstić information content (AvgIpc) is 2.98. The smallest absolute Gasteiger partial charge is 0.339 e. The third kappa shape index (κ3) is 4.21. The van der Waals surface area contributed by atoms with Crippen molar-refractivity contribution in [3.8, 4) is 0 Å². The Balaban J connectivity index is 1.96. The Labute approximate surface area is 127 Å². The van der Waals surface area contributed by atoms with Crippen molar-refractivity contribution in [3.63, 3.8) is 0 Å². The Morgan fingerprint density at radius 1 is 1.43 bits per heavy atom. The minimum Gasteiger partial charge on any atom is -0.339 e.